The number of anilines is 1. The van der Waals surface area contributed by atoms with E-state index in [9.17, 15) is 9.59 Å². The summed E-state index contributed by atoms with van der Waals surface area (Å²) in [5.74, 6) is -0.430. The molecule has 1 aliphatic rings. The minimum atomic E-state index is -0.325. The van der Waals surface area contributed by atoms with E-state index in [-0.39, 0.29) is 18.0 Å². The van der Waals surface area contributed by atoms with Crippen LogP contribution in [-0.4, -0.2) is 18.0 Å². The molecule has 0 saturated carbocycles. The summed E-state index contributed by atoms with van der Waals surface area (Å²) in [4.78, 5) is 26.4. The second-order valence-corrected chi connectivity index (χ2v) is 8.04. The Morgan fingerprint density at radius 1 is 1.12 bits per heavy atom. The molecule has 0 bridgehead atoms. The normalized spacial score (nSPS) is 13.8. The topological polar surface area (TPSA) is 55.4 Å². The second kappa shape index (κ2) is 8.49. The van der Waals surface area contributed by atoms with Crippen molar-refractivity contribution in [2.24, 2.45) is 0 Å². The first-order chi connectivity index (χ1) is 12.5. The van der Waals surface area contributed by atoms with Crippen molar-refractivity contribution in [2.45, 2.75) is 58.5 Å². The molecular formula is C21H25NO3S. The summed E-state index contributed by atoms with van der Waals surface area (Å²) in [5.41, 5.74) is 2.60. The monoisotopic (exact) mass is 371 g/mol. The minimum Gasteiger partial charge on any atom is -0.459 e. The van der Waals surface area contributed by atoms with Gasteiger partial charge in [0, 0.05) is 4.88 Å². The summed E-state index contributed by atoms with van der Waals surface area (Å²) in [5, 5.41) is 3.61. The highest BCUT2D eigenvalue weighted by Crippen LogP contribution is 2.38. The van der Waals surface area contributed by atoms with Gasteiger partial charge in [-0.1, -0.05) is 36.8 Å². The van der Waals surface area contributed by atoms with Crippen LogP contribution in [0.3, 0.4) is 0 Å². The first-order valence-corrected chi connectivity index (χ1v) is 10.1. The highest BCUT2D eigenvalue weighted by atomic mass is 32.1. The molecule has 0 unspecified atom stereocenters. The van der Waals surface area contributed by atoms with Crippen molar-refractivity contribution in [1.82, 2.24) is 0 Å². The fraction of sp³-hybridized carbons (Fsp3) is 0.429. The van der Waals surface area contributed by atoms with Crippen molar-refractivity contribution in [3.8, 4) is 0 Å². The zero-order chi connectivity index (χ0) is 18.5. The molecular weight excluding hydrogens is 346 g/mol. The quantitative estimate of drug-likeness (QED) is 0.609. The van der Waals surface area contributed by atoms with E-state index in [1.54, 1.807) is 0 Å². The fourth-order valence-electron chi connectivity index (χ4n) is 3.27. The Bertz CT molecular complexity index is 780. The van der Waals surface area contributed by atoms with Gasteiger partial charge in [0.25, 0.3) is 0 Å². The van der Waals surface area contributed by atoms with Gasteiger partial charge >= 0.3 is 5.97 Å². The second-order valence-electron chi connectivity index (χ2n) is 6.93. The number of nitrogens with one attached hydrogen (secondary N) is 1. The average Bonchev–Trinajstić information content (AvgIpc) is 2.76. The van der Waals surface area contributed by atoms with Crippen molar-refractivity contribution in [3.63, 3.8) is 0 Å². The predicted octanol–water partition coefficient (Wildman–Crippen LogP) is 4.76. The van der Waals surface area contributed by atoms with Gasteiger partial charge in [-0.05, 0) is 50.7 Å². The maximum Gasteiger partial charge on any atom is 0.341 e. The third kappa shape index (κ3) is 4.52. The molecule has 0 fully saturated rings. The third-order valence-corrected chi connectivity index (χ3v) is 5.64. The van der Waals surface area contributed by atoms with Crippen molar-refractivity contribution >= 4 is 28.2 Å². The number of benzene rings is 1. The molecule has 2 aromatic rings. The van der Waals surface area contributed by atoms with Gasteiger partial charge in [0.2, 0.25) is 5.91 Å². The Kier molecular flexibility index (Phi) is 6.09. The Labute approximate surface area is 158 Å². The largest absolute Gasteiger partial charge is 0.459 e. The van der Waals surface area contributed by atoms with Crippen LogP contribution >= 0.6 is 11.3 Å². The lowest BCUT2D eigenvalue weighted by molar-refractivity contribution is -0.115. The molecule has 1 heterocycles. The first-order valence-electron chi connectivity index (χ1n) is 9.24. The number of ether oxygens (including phenoxy) is 1. The van der Waals surface area contributed by atoms with E-state index >= 15 is 0 Å². The molecule has 26 heavy (non-hydrogen) atoms. The number of amides is 1. The summed E-state index contributed by atoms with van der Waals surface area (Å²) >= 11 is 1.54. The number of esters is 1. The number of aryl methyl sites for hydroxylation is 1. The maximum atomic E-state index is 12.7. The highest BCUT2D eigenvalue weighted by Gasteiger charge is 2.27. The standard InChI is InChI=1S/C21H25NO3S/c1-14(2)25-21(24)19-16-11-7-4-8-12-17(16)26-20(19)22-18(23)13-15-9-5-3-6-10-15/h3,5-6,9-10,14H,4,7-8,11-13H2,1-2H3,(H,22,23). The summed E-state index contributed by atoms with van der Waals surface area (Å²) in [6.07, 6.45) is 5.33. The van der Waals surface area contributed by atoms with E-state index in [1.165, 1.54) is 22.6 Å². The Balaban J connectivity index is 1.85. The SMILES string of the molecule is CC(C)OC(=O)c1c(NC(=O)Cc2ccccc2)sc2c1CCCCC2. The van der Waals surface area contributed by atoms with Crippen LogP contribution in [0.2, 0.25) is 0 Å². The van der Waals surface area contributed by atoms with Gasteiger partial charge in [-0.2, -0.15) is 0 Å². The molecule has 0 atom stereocenters. The van der Waals surface area contributed by atoms with Crippen molar-refractivity contribution in [1.29, 1.82) is 0 Å². The van der Waals surface area contributed by atoms with Gasteiger partial charge in [0.1, 0.15) is 5.00 Å². The lowest BCUT2D eigenvalue weighted by Gasteiger charge is -2.11. The molecule has 0 aliphatic heterocycles. The number of rotatable bonds is 5. The van der Waals surface area contributed by atoms with Crippen LogP contribution in [0.1, 0.15) is 59.5 Å². The van der Waals surface area contributed by atoms with Crippen molar-refractivity contribution < 1.29 is 14.3 Å². The van der Waals surface area contributed by atoms with Crippen LogP contribution in [0, 0.1) is 0 Å². The highest BCUT2D eigenvalue weighted by molar-refractivity contribution is 7.17. The van der Waals surface area contributed by atoms with Gasteiger partial charge in [0.15, 0.2) is 0 Å². The Morgan fingerprint density at radius 2 is 1.85 bits per heavy atom. The Hall–Kier alpha value is -2.14. The number of fused-ring (bicyclic) bond motifs is 1. The van der Waals surface area contributed by atoms with Crippen LogP contribution in [0.4, 0.5) is 5.00 Å². The molecule has 1 amide bonds. The van der Waals surface area contributed by atoms with Gasteiger partial charge in [-0.3, -0.25) is 4.79 Å². The first kappa shape index (κ1) is 18.6. The third-order valence-electron chi connectivity index (χ3n) is 4.43. The number of hydrogen-bond donors (Lipinski definition) is 1. The number of carbonyl (C=O) groups is 2. The van der Waals surface area contributed by atoms with Crippen LogP contribution in [0.25, 0.3) is 0 Å². The van der Waals surface area contributed by atoms with E-state index in [4.69, 9.17) is 4.74 Å². The minimum absolute atomic E-state index is 0.105. The number of thiophene rings is 1. The van der Waals surface area contributed by atoms with Crippen LogP contribution < -0.4 is 5.32 Å². The van der Waals surface area contributed by atoms with E-state index in [0.29, 0.717) is 17.0 Å². The molecule has 1 aliphatic carbocycles. The molecule has 0 saturated heterocycles. The summed E-state index contributed by atoms with van der Waals surface area (Å²) in [6, 6.07) is 9.62. The molecule has 5 heteroatoms. The number of hydrogen-bond acceptors (Lipinski definition) is 4. The van der Waals surface area contributed by atoms with E-state index in [1.807, 2.05) is 44.2 Å². The molecule has 1 aromatic heterocycles. The van der Waals surface area contributed by atoms with E-state index < -0.39 is 0 Å². The summed E-state index contributed by atoms with van der Waals surface area (Å²) < 4.78 is 5.46. The van der Waals surface area contributed by atoms with Crippen LogP contribution in [0.5, 0.6) is 0 Å². The van der Waals surface area contributed by atoms with Crippen molar-refractivity contribution in [2.75, 3.05) is 5.32 Å². The van der Waals surface area contributed by atoms with Gasteiger partial charge < -0.3 is 10.1 Å². The lowest BCUT2D eigenvalue weighted by Crippen LogP contribution is -2.18. The molecule has 1 N–H and O–H groups in total. The summed E-state index contributed by atoms with van der Waals surface area (Å²) in [7, 11) is 0. The zero-order valence-corrected chi connectivity index (χ0v) is 16.2. The van der Waals surface area contributed by atoms with Gasteiger partial charge in [0.05, 0.1) is 18.1 Å². The van der Waals surface area contributed by atoms with Crippen molar-refractivity contribution in [3.05, 3.63) is 51.9 Å². The number of carbonyl (C=O) groups excluding carboxylic acids is 2. The molecule has 3 rings (SSSR count). The molecule has 0 radical (unpaired) electrons. The molecule has 138 valence electrons. The molecule has 0 spiro atoms. The molecule has 1 aromatic carbocycles. The lowest BCUT2D eigenvalue weighted by atomic mass is 10.1. The van der Waals surface area contributed by atoms with Gasteiger partial charge in [-0.15, -0.1) is 11.3 Å². The average molecular weight is 372 g/mol. The van der Waals surface area contributed by atoms with E-state index in [0.717, 1.165) is 36.8 Å². The van der Waals surface area contributed by atoms with Crippen LogP contribution in [0.15, 0.2) is 30.3 Å². The predicted molar refractivity (Wildman–Crippen MR) is 105 cm³/mol. The van der Waals surface area contributed by atoms with Crippen LogP contribution in [-0.2, 0) is 28.8 Å². The smallest absolute Gasteiger partial charge is 0.341 e. The van der Waals surface area contributed by atoms with E-state index in [2.05, 4.69) is 5.32 Å². The van der Waals surface area contributed by atoms with Gasteiger partial charge in [-0.25, -0.2) is 4.79 Å². The fourth-order valence-corrected chi connectivity index (χ4v) is 4.57. The molecule has 4 nitrogen and oxygen atoms in total. The zero-order valence-electron chi connectivity index (χ0n) is 15.3. The maximum absolute atomic E-state index is 12.7. The Morgan fingerprint density at radius 3 is 2.58 bits per heavy atom. The summed E-state index contributed by atoms with van der Waals surface area (Å²) in [6.45, 7) is 3.69.